The number of nitrogens with zero attached hydrogens (tertiary/aromatic N) is 5. The van der Waals surface area contributed by atoms with Crippen molar-refractivity contribution < 1.29 is 44.2 Å². The van der Waals surface area contributed by atoms with Gasteiger partial charge in [0.2, 0.25) is 5.95 Å². The number of rotatable bonds is 17. The van der Waals surface area contributed by atoms with Gasteiger partial charge in [-0.2, -0.15) is 0 Å². The Balaban J connectivity index is 1.17. The number of aliphatic hydroxyl groups is 5. The molecule has 0 amide bonds. The molecule has 3 heterocycles. The van der Waals surface area contributed by atoms with E-state index in [4.69, 9.17) is 14.6 Å². The first-order valence-electron chi connectivity index (χ1n) is 15.9. The molecule has 2 fully saturated rings. The Hall–Kier alpha value is -2.66. The number of halogens is 1. The van der Waals surface area contributed by atoms with Crippen LogP contribution in [0.15, 0.2) is 30.6 Å². The van der Waals surface area contributed by atoms with Gasteiger partial charge in [0.1, 0.15) is 30.4 Å². The Labute approximate surface area is 269 Å². The zero-order valence-corrected chi connectivity index (χ0v) is 26.4. The number of aromatic nitrogens is 2. The zero-order valence-electron chi connectivity index (χ0n) is 26.4. The summed E-state index contributed by atoms with van der Waals surface area (Å²) < 4.78 is 26.2. The highest BCUT2D eigenvalue weighted by Crippen LogP contribution is 2.26. The van der Waals surface area contributed by atoms with E-state index in [1.165, 1.54) is 6.07 Å². The molecule has 0 aliphatic carbocycles. The van der Waals surface area contributed by atoms with Crippen LogP contribution in [-0.4, -0.2) is 142 Å². The Kier molecular flexibility index (Phi) is 14.2. The van der Waals surface area contributed by atoms with Gasteiger partial charge >= 0.3 is 0 Å². The van der Waals surface area contributed by atoms with Crippen LogP contribution in [0, 0.1) is 11.7 Å². The molecule has 0 bridgehead atoms. The van der Waals surface area contributed by atoms with E-state index in [-0.39, 0.29) is 18.7 Å². The van der Waals surface area contributed by atoms with E-state index in [0.717, 1.165) is 50.1 Å². The van der Waals surface area contributed by atoms with Gasteiger partial charge in [0, 0.05) is 83.1 Å². The Morgan fingerprint density at radius 1 is 0.957 bits per heavy atom. The smallest absolute Gasteiger partial charge is 0.225 e. The predicted octanol–water partition coefficient (Wildman–Crippen LogP) is -0.121. The summed E-state index contributed by atoms with van der Waals surface area (Å²) in [5.41, 5.74) is 1.92. The maximum absolute atomic E-state index is 15.2. The molecule has 46 heavy (non-hydrogen) atoms. The minimum absolute atomic E-state index is 0.0251. The fourth-order valence-corrected chi connectivity index (χ4v) is 6.03. The van der Waals surface area contributed by atoms with Crippen LogP contribution >= 0.6 is 0 Å². The molecule has 4 rings (SSSR count). The highest BCUT2D eigenvalue weighted by molar-refractivity contribution is 5.62. The van der Waals surface area contributed by atoms with Crippen LogP contribution in [0.4, 0.5) is 10.3 Å². The minimum Gasteiger partial charge on any atom is -0.394 e. The fraction of sp³-hybridized carbons (Fsp3) is 0.656. The van der Waals surface area contributed by atoms with Crippen LogP contribution in [0.2, 0.25) is 0 Å². The molecule has 0 saturated carbocycles. The molecule has 13 nitrogen and oxygen atoms in total. The van der Waals surface area contributed by atoms with Crippen LogP contribution in [0.1, 0.15) is 42.0 Å². The van der Waals surface area contributed by atoms with E-state index in [2.05, 4.69) is 14.9 Å². The van der Waals surface area contributed by atoms with Gasteiger partial charge in [-0.25, -0.2) is 14.4 Å². The van der Waals surface area contributed by atoms with Crippen molar-refractivity contribution in [3.63, 3.8) is 0 Å². The van der Waals surface area contributed by atoms with E-state index >= 15 is 4.39 Å². The quantitative estimate of drug-likeness (QED) is 0.114. The minimum atomic E-state index is -1.69. The van der Waals surface area contributed by atoms with Crippen LogP contribution in [0.25, 0.3) is 0 Å². The first-order chi connectivity index (χ1) is 22.2. The third-order valence-electron chi connectivity index (χ3n) is 8.92. The number of β-amino-alcohol motifs (C(OH)–C–C–N with tert-alkyl or cyclic N) is 1. The number of piperidine rings is 1. The number of hydrogen-bond donors (Lipinski definition) is 5. The number of methoxy groups -OCH3 is 1. The zero-order chi connectivity index (χ0) is 33.1. The second-order valence-electron chi connectivity index (χ2n) is 12.2. The van der Waals surface area contributed by atoms with Gasteiger partial charge in [-0.3, -0.25) is 9.80 Å². The van der Waals surface area contributed by atoms with Crippen LogP contribution in [0.5, 0.6) is 0 Å². The van der Waals surface area contributed by atoms with Crippen LogP contribution < -0.4 is 4.90 Å². The average molecular weight is 650 g/mol. The molecule has 2 aromatic rings. The molecule has 5 N–H and O–H groups in total. The van der Waals surface area contributed by atoms with E-state index in [1.807, 2.05) is 9.80 Å². The van der Waals surface area contributed by atoms with E-state index in [1.54, 1.807) is 31.6 Å². The lowest BCUT2D eigenvalue weighted by Crippen LogP contribution is -2.54. The Morgan fingerprint density at radius 3 is 2.24 bits per heavy atom. The SMILES string of the molecule is COCc1cnc(N2CCC(CCOCc3ccc(C(C=O)N4CCN(C[C@H](O)[C@@H](O)[C@H](O)[C@H](O)CO)CC4)c(F)c3)CC2)nc1. The van der Waals surface area contributed by atoms with Crippen LogP contribution in [0.3, 0.4) is 0 Å². The first-order valence-corrected chi connectivity index (χ1v) is 15.9. The number of carbonyl (C=O) groups excluding carboxylic acids is 1. The lowest BCUT2D eigenvalue weighted by molar-refractivity contribution is -0.122. The van der Waals surface area contributed by atoms with Crippen molar-refractivity contribution in [2.75, 3.05) is 71.0 Å². The highest BCUT2D eigenvalue weighted by Gasteiger charge is 2.33. The molecule has 2 aliphatic rings. The molecule has 14 heteroatoms. The first kappa shape index (κ1) is 36.2. The van der Waals surface area contributed by atoms with Crippen molar-refractivity contribution >= 4 is 12.2 Å². The standard InChI is InChI=1S/C32H48FN5O8/c1-45-20-24-15-34-32(35-16-24)38-7-4-22(5-8-38)6-13-46-21-23-2-3-25(26(33)14-23)27(18-39)37-11-9-36(10-12-37)17-28(41)30(43)31(44)29(42)19-40/h2-3,14-16,18,22,27-31,40-44H,4-13,17,19-21H2,1H3/t27?,28-,29+,30+,31+/m0/s1. The number of piperazine rings is 1. The summed E-state index contributed by atoms with van der Waals surface area (Å²) in [6.07, 6.45) is 1.06. The summed E-state index contributed by atoms with van der Waals surface area (Å²) in [6, 6.07) is 4.06. The lowest BCUT2D eigenvalue weighted by atomic mass is 9.94. The summed E-state index contributed by atoms with van der Waals surface area (Å²) in [7, 11) is 1.64. The van der Waals surface area contributed by atoms with Crippen molar-refractivity contribution in [3.05, 3.63) is 53.1 Å². The summed E-state index contributed by atoms with van der Waals surface area (Å²) in [5.74, 6) is 0.807. The molecule has 1 aromatic carbocycles. The van der Waals surface area contributed by atoms with Gasteiger partial charge in [-0.15, -0.1) is 0 Å². The van der Waals surface area contributed by atoms with Gasteiger partial charge in [0.25, 0.3) is 0 Å². The van der Waals surface area contributed by atoms with Gasteiger partial charge in [0.15, 0.2) is 0 Å². The lowest BCUT2D eigenvalue weighted by Gasteiger charge is -2.39. The highest BCUT2D eigenvalue weighted by atomic mass is 19.1. The van der Waals surface area contributed by atoms with Gasteiger partial charge in [-0.05, 0) is 36.8 Å². The normalized spacial score (nSPS) is 20.3. The maximum atomic E-state index is 15.2. The van der Waals surface area contributed by atoms with Crippen molar-refractivity contribution in [3.8, 4) is 0 Å². The molecular formula is C32H48FN5O8. The molecule has 0 radical (unpaired) electrons. The number of hydrogen-bond acceptors (Lipinski definition) is 13. The second-order valence-corrected chi connectivity index (χ2v) is 12.2. The molecule has 2 saturated heterocycles. The topological polar surface area (TPSA) is 172 Å². The van der Waals surface area contributed by atoms with Crippen molar-refractivity contribution in [2.24, 2.45) is 5.92 Å². The average Bonchev–Trinajstić information content (AvgIpc) is 3.08. The molecule has 256 valence electrons. The monoisotopic (exact) mass is 649 g/mol. The summed E-state index contributed by atoms with van der Waals surface area (Å²) >= 11 is 0. The largest absolute Gasteiger partial charge is 0.394 e. The molecular weight excluding hydrogens is 601 g/mol. The number of aliphatic hydroxyl groups excluding tert-OH is 5. The number of aldehydes is 1. The molecule has 2 aliphatic heterocycles. The second kappa shape index (κ2) is 18.0. The van der Waals surface area contributed by atoms with Crippen molar-refractivity contribution in [1.29, 1.82) is 0 Å². The van der Waals surface area contributed by atoms with E-state index < -0.39 is 42.9 Å². The third kappa shape index (κ3) is 9.92. The van der Waals surface area contributed by atoms with E-state index in [0.29, 0.717) is 50.9 Å². The van der Waals surface area contributed by atoms with Gasteiger partial charge in [0.05, 0.1) is 32.0 Å². The Bertz CT molecular complexity index is 1200. The molecule has 0 spiro atoms. The summed E-state index contributed by atoms with van der Waals surface area (Å²) in [6.45, 7) is 4.12. The number of carbonyl (C=O) groups is 1. The predicted molar refractivity (Wildman–Crippen MR) is 166 cm³/mol. The van der Waals surface area contributed by atoms with Crippen molar-refractivity contribution in [2.45, 2.75) is 62.9 Å². The van der Waals surface area contributed by atoms with Crippen LogP contribution in [-0.2, 0) is 27.5 Å². The van der Waals surface area contributed by atoms with Crippen molar-refractivity contribution in [1.82, 2.24) is 19.8 Å². The summed E-state index contributed by atoms with van der Waals surface area (Å²) in [4.78, 5) is 26.9. The van der Waals surface area contributed by atoms with Gasteiger partial charge in [-0.1, -0.05) is 12.1 Å². The fourth-order valence-electron chi connectivity index (χ4n) is 6.03. The number of benzene rings is 1. The van der Waals surface area contributed by atoms with Gasteiger partial charge < -0.3 is 44.7 Å². The molecule has 1 unspecified atom stereocenters. The molecule has 5 atom stereocenters. The third-order valence-corrected chi connectivity index (χ3v) is 8.92. The Morgan fingerprint density at radius 2 is 1.63 bits per heavy atom. The molecule has 1 aromatic heterocycles. The van der Waals surface area contributed by atoms with E-state index in [9.17, 15) is 25.2 Å². The summed E-state index contributed by atoms with van der Waals surface area (Å²) in [5, 5.41) is 48.7. The number of ether oxygens (including phenoxy) is 2. The number of anilines is 1. The maximum Gasteiger partial charge on any atom is 0.225 e.